The number of nitriles is 1. The molecular weight excluding hydrogens is 272 g/mol. The summed E-state index contributed by atoms with van der Waals surface area (Å²) in [5, 5.41) is 9.54. The van der Waals surface area contributed by atoms with E-state index in [0.29, 0.717) is 19.4 Å². The number of hydrogen-bond donors (Lipinski definition) is 0. The quantitative estimate of drug-likeness (QED) is 0.694. The highest BCUT2D eigenvalue weighted by molar-refractivity contribution is 5.86. The van der Waals surface area contributed by atoms with E-state index >= 15 is 0 Å². The summed E-state index contributed by atoms with van der Waals surface area (Å²) in [5.74, 6) is -0.674. The van der Waals surface area contributed by atoms with E-state index in [-0.39, 0.29) is 19.1 Å². The summed E-state index contributed by atoms with van der Waals surface area (Å²) < 4.78 is 9.98. The molecule has 1 heterocycles. The van der Waals surface area contributed by atoms with Crippen molar-refractivity contribution in [1.82, 2.24) is 4.90 Å². The van der Waals surface area contributed by atoms with Crippen molar-refractivity contribution in [2.45, 2.75) is 45.6 Å². The van der Waals surface area contributed by atoms with Gasteiger partial charge >= 0.3 is 5.97 Å². The monoisotopic (exact) mass is 296 g/mol. The third-order valence-electron chi connectivity index (χ3n) is 3.79. The predicted molar refractivity (Wildman–Crippen MR) is 76.2 cm³/mol. The lowest BCUT2D eigenvalue weighted by Gasteiger charge is -2.36. The average molecular weight is 296 g/mol. The van der Waals surface area contributed by atoms with Crippen LogP contribution < -0.4 is 0 Å². The SMILES string of the molecule is CCCC(C#N)(CCC)C(=O)N1CCOC(C(=O)OC)C1. The van der Waals surface area contributed by atoms with Crippen LogP contribution in [0.15, 0.2) is 0 Å². The van der Waals surface area contributed by atoms with Gasteiger partial charge in [-0.1, -0.05) is 26.7 Å². The van der Waals surface area contributed by atoms with Gasteiger partial charge in [-0.3, -0.25) is 4.79 Å². The molecule has 0 aromatic heterocycles. The molecule has 1 unspecified atom stereocenters. The molecule has 21 heavy (non-hydrogen) atoms. The van der Waals surface area contributed by atoms with Gasteiger partial charge in [0, 0.05) is 6.54 Å². The van der Waals surface area contributed by atoms with E-state index in [2.05, 4.69) is 10.8 Å². The average Bonchev–Trinajstić information content (AvgIpc) is 2.53. The molecule has 0 N–H and O–H groups in total. The Kier molecular flexibility index (Phi) is 6.63. The van der Waals surface area contributed by atoms with Crippen LogP contribution in [0.3, 0.4) is 0 Å². The van der Waals surface area contributed by atoms with E-state index in [4.69, 9.17) is 4.74 Å². The van der Waals surface area contributed by atoms with Crippen molar-refractivity contribution in [3.05, 3.63) is 0 Å². The van der Waals surface area contributed by atoms with Crippen LogP contribution in [0.5, 0.6) is 0 Å². The molecule has 1 amide bonds. The third-order valence-corrected chi connectivity index (χ3v) is 3.79. The van der Waals surface area contributed by atoms with Gasteiger partial charge in [-0.25, -0.2) is 4.79 Å². The van der Waals surface area contributed by atoms with E-state index in [1.807, 2.05) is 13.8 Å². The Bertz CT molecular complexity index is 410. The van der Waals surface area contributed by atoms with Crippen molar-refractivity contribution in [2.75, 3.05) is 26.8 Å². The molecule has 0 spiro atoms. The summed E-state index contributed by atoms with van der Waals surface area (Å²) >= 11 is 0. The van der Waals surface area contributed by atoms with Crippen LogP contribution >= 0.6 is 0 Å². The summed E-state index contributed by atoms with van der Waals surface area (Å²) in [7, 11) is 1.29. The lowest BCUT2D eigenvalue weighted by Crippen LogP contribution is -2.53. The Morgan fingerprint density at radius 2 is 2.00 bits per heavy atom. The number of methoxy groups -OCH3 is 1. The van der Waals surface area contributed by atoms with Crippen LogP contribution in [0.25, 0.3) is 0 Å². The van der Waals surface area contributed by atoms with Crippen LogP contribution in [-0.2, 0) is 19.1 Å². The first-order chi connectivity index (χ1) is 10.0. The van der Waals surface area contributed by atoms with Gasteiger partial charge in [-0.15, -0.1) is 0 Å². The van der Waals surface area contributed by atoms with Crippen LogP contribution in [0.2, 0.25) is 0 Å². The van der Waals surface area contributed by atoms with Crippen LogP contribution in [-0.4, -0.2) is 49.7 Å². The number of morpholine rings is 1. The molecule has 0 aromatic rings. The Labute approximate surface area is 126 Å². The minimum atomic E-state index is -0.985. The first-order valence-electron chi connectivity index (χ1n) is 7.44. The molecule has 0 aliphatic carbocycles. The summed E-state index contributed by atoms with van der Waals surface area (Å²) in [6.07, 6.45) is 1.85. The van der Waals surface area contributed by atoms with E-state index in [1.165, 1.54) is 7.11 Å². The number of nitrogens with zero attached hydrogens (tertiary/aromatic N) is 2. The first-order valence-corrected chi connectivity index (χ1v) is 7.44. The maximum absolute atomic E-state index is 12.8. The van der Waals surface area contributed by atoms with E-state index in [0.717, 1.165) is 12.8 Å². The second kappa shape index (κ2) is 7.99. The Morgan fingerprint density at radius 1 is 1.38 bits per heavy atom. The van der Waals surface area contributed by atoms with Crippen molar-refractivity contribution in [3.8, 4) is 6.07 Å². The molecule has 1 aliphatic heterocycles. The second-order valence-electron chi connectivity index (χ2n) is 5.33. The number of amides is 1. The van der Waals surface area contributed by atoms with Crippen molar-refractivity contribution >= 4 is 11.9 Å². The molecule has 0 aromatic carbocycles. The minimum absolute atomic E-state index is 0.155. The van der Waals surface area contributed by atoms with Crippen LogP contribution in [0.4, 0.5) is 0 Å². The number of carbonyl (C=O) groups excluding carboxylic acids is 2. The number of ether oxygens (including phenoxy) is 2. The fraction of sp³-hybridized carbons (Fsp3) is 0.800. The molecule has 118 valence electrons. The number of hydrogen-bond acceptors (Lipinski definition) is 5. The lowest BCUT2D eigenvalue weighted by atomic mass is 9.79. The Balaban J connectivity index is 2.88. The van der Waals surface area contributed by atoms with E-state index in [1.54, 1.807) is 4.90 Å². The van der Waals surface area contributed by atoms with Crippen LogP contribution in [0.1, 0.15) is 39.5 Å². The number of rotatable bonds is 6. The second-order valence-corrected chi connectivity index (χ2v) is 5.33. The molecule has 1 atom stereocenters. The van der Waals surface area contributed by atoms with Crippen molar-refractivity contribution in [1.29, 1.82) is 5.26 Å². The zero-order valence-corrected chi connectivity index (χ0v) is 13.1. The summed E-state index contributed by atoms with van der Waals surface area (Å²) in [6.45, 7) is 4.77. The topological polar surface area (TPSA) is 79.6 Å². The summed E-state index contributed by atoms with van der Waals surface area (Å²) in [4.78, 5) is 25.9. The first kappa shape index (κ1) is 17.4. The molecule has 0 bridgehead atoms. The molecule has 6 nitrogen and oxygen atoms in total. The van der Waals surface area contributed by atoms with Gasteiger partial charge in [0.1, 0.15) is 5.41 Å². The maximum atomic E-state index is 12.8. The van der Waals surface area contributed by atoms with Gasteiger partial charge in [0.25, 0.3) is 0 Å². The molecule has 0 saturated carbocycles. The normalized spacial score (nSPS) is 19.0. The van der Waals surface area contributed by atoms with Gasteiger partial charge in [-0.2, -0.15) is 5.26 Å². The molecule has 0 radical (unpaired) electrons. The zero-order valence-electron chi connectivity index (χ0n) is 13.1. The van der Waals surface area contributed by atoms with Gasteiger partial charge in [-0.05, 0) is 12.8 Å². The molecule has 1 aliphatic rings. The molecule has 1 saturated heterocycles. The summed E-state index contributed by atoms with van der Waals surface area (Å²) in [6, 6.07) is 2.22. The van der Waals surface area contributed by atoms with Gasteiger partial charge in [0.05, 0.1) is 26.3 Å². The minimum Gasteiger partial charge on any atom is -0.467 e. The van der Waals surface area contributed by atoms with Gasteiger partial charge in [0.15, 0.2) is 6.10 Å². The van der Waals surface area contributed by atoms with E-state index in [9.17, 15) is 14.9 Å². The van der Waals surface area contributed by atoms with Crippen molar-refractivity contribution in [2.24, 2.45) is 5.41 Å². The predicted octanol–water partition coefficient (Wildman–Crippen LogP) is 1.50. The highest BCUT2D eigenvalue weighted by Crippen LogP contribution is 2.32. The lowest BCUT2D eigenvalue weighted by molar-refractivity contribution is -0.164. The zero-order chi connectivity index (χ0) is 15.9. The van der Waals surface area contributed by atoms with Crippen molar-refractivity contribution in [3.63, 3.8) is 0 Å². The molecule has 1 rings (SSSR count). The largest absolute Gasteiger partial charge is 0.467 e. The van der Waals surface area contributed by atoms with Gasteiger partial charge in [0.2, 0.25) is 5.91 Å². The Hall–Kier alpha value is -1.61. The van der Waals surface area contributed by atoms with Crippen LogP contribution in [0, 0.1) is 16.7 Å². The highest BCUT2D eigenvalue weighted by atomic mass is 16.6. The third kappa shape index (κ3) is 3.94. The van der Waals surface area contributed by atoms with E-state index < -0.39 is 17.5 Å². The number of carbonyl (C=O) groups is 2. The highest BCUT2D eigenvalue weighted by Gasteiger charge is 2.42. The molecule has 6 heteroatoms. The smallest absolute Gasteiger partial charge is 0.336 e. The standard InChI is InChI=1S/C15H24N2O4/c1-4-6-15(11-16,7-5-2)14(19)17-8-9-21-12(10-17)13(18)20-3/h12H,4-10H2,1-3H3. The molecular formula is C15H24N2O4. The van der Waals surface area contributed by atoms with Gasteiger partial charge < -0.3 is 14.4 Å². The number of esters is 1. The fourth-order valence-electron chi connectivity index (χ4n) is 2.76. The van der Waals surface area contributed by atoms with Crippen molar-refractivity contribution < 1.29 is 19.1 Å². The summed E-state index contributed by atoms with van der Waals surface area (Å²) in [5.41, 5.74) is -0.985. The maximum Gasteiger partial charge on any atom is 0.336 e. The molecule has 1 fully saturated rings. The fourth-order valence-corrected chi connectivity index (χ4v) is 2.76. The Morgan fingerprint density at radius 3 is 2.48 bits per heavy atom.